The van der Waals surface area contributed by atoms with Gasteiger partial charge in [-0.15, -0.1) is 5.10 Å². The Hall–Kier alpha value is -2.24. The first-order valence-corrected chi connectivity index (χ1v) is 5.90. The van der Waals surface area contributed by atoms with Crippen molar-refractivity contribution < 1.29 is 4.79 Å². The molecule has 18 heavy (non-hydrogen) atoms. The van der Waals surface area contributed by atoms with Crippen LogP contribution in [0.2, 0.25) is 0 Å². The number of nitrogens with one attached hydrogen (secondary N) is 1. The Morgan fingerprint density at radius 3 is 2.67 bits per heavy atom. The van der Waals surface area contributed by atoms with E-state index in [0.717, 1.165) is 29.9 Å². The van der Waals surface area contributed by atoms with Gasteiger partial charge < -0.3 is 5.32 Å². The predicted molar refractivity (Wildman–Crippen MR) is 65.8 cm³/mol. The second-order valence-corrected chi connectivity index (χ2v) is 4.44. The number of benzene rings is 1. The summed E-state index contributed by atoms with van der Waals surface area (Å²) in [5.41, 5.74) is 1.73. The molecule has 6 heteroatoms. The van der Waals surface area contributed by atoms with E-state index in [9.17, 15) is 4.79 Å². The number of carbonyl (C=O) groups excluding carboxylic acids is 1. The van der Waals surface area contributed by atoms with Gasteiger partial charge >= 0.3 is 0 Å². The van der Waals surface area contributed by atoms with Crippen molar-refractivity contribution in [2.45, 2.75) is 25.8 Å². The Kier molecular flexibility index (Phi) is 2.55. The van der Waals surface area contributed by atoms with E-state index in [1.54, 1.807) is 0 Å². The molecule has 0 unspecified atom stereocenters. The van der Waals surface area contributed by atoms with E-state index < -0.39 is 0 Å². The molecular weight excluding hydrogens is 230 g/mol. The lowest BCUT2D eigenvalue weighted by Crippen LogP contribution is -2.05. The van der Waals surface area contributed by atoms with Gasteiger partial charge in [-0.3, -0.25) is 4.79 Å². The number of nitrogens with zero attached hydrogens (tertiary/aromatic N) is 4. The number of rotatable bonds is 3. The fraction of sp³-hybridized carbons (Fsp3) is 0.333. The Labute approximate surface area is 104 Å². The molecule has 1 aliphatic carbocycles. The molecule has 1 heterocycles. The summed E-state index contributed by atoms with van der Waals surface area (Å²) in [4.78, 5) is 10.9. The molecule has 0 saturated heterocycles. The standard InChI is InChI=1S/C12H13N5O/c1-8(18)13-10-4-2-9(3-5-10)12-14-15-16-17(12)11-6-7-11/h2-5,11H,6-7H2,1H3,(H,13,18). The number of carbonyl (C=O) groups is 1. The zero-order valence-corrected chi connectivity index (χ0v) is 10.00. The third-order valence-electron chi connectivity index (χ3n) is 2.85. The minimum atomic E-state index is -0.0782. The highest BCUT2D eigenvalue weighted by molar-refractivity contribution is 5.88. The van der Waals surface area contributed by atoms with Crippen LogP contribution >= 0.6 is 0 Å². The van der Waals surface area contributed by atoms with Crippen LogP contribution in [0.4, 0.5) is 5.69 Å². The number of hydrogen-bond donors (Lipinski definition) is 1. The zero-order chi connectivity index (χ0) is 12.5. The Morgan fingerprint density at radius 1 is 1.33 bits per heavy atom. The van der Waals surface area contributed by atoms with Gasteiger partial charge in [0, 0.05) is 18.2 Å². The van der Waals surface area contributed by atoms with E-state index in [2.05, 4.69) is 20.8 Å². The molecule has 1 fully saturated rings. The van der Waals surface area contributed by atoms with Crippen LogP contribution in [0.3, 0.4) is 0 Å². The van der Waals surface area contributed by atoms with Gasteiger partial charge in [-0.1, -0.05) is 0 Å². The maximum absolute atomic E-state index is 10.9. The van der Waals surface area contributed by atoms with E-state index in [0.29, 0.717) is 6.04 Å². The number of amides is 1. The first-order chi connectivity index (χ1) is 8.74. The number of anilines is 1. The summed E-state index contributed by atoms with van der Waals surface area (Å²) in [6.07, 6.45) is 2.28. The molecule has 0 atom stereocenters. The maximum atomic E-state index is 10.9. The van der Waals surface area contributed by atoms with Crippen LogP contribution in [0.25, 0.3) is 11.4 Å². The van der Waals surface area contributed by atoms with Crippen LogP contribution in [0.1, 0.15) is 25.8 Å². The minimum Gasteiger partial charge on any atom is -0.326 e. The summed E-state index contributed by atoms with van der Waals surface area (Å²) in [6, 6.07) is 7.97. The highest BCUT2D eigenvalue weighted by Gasteiger charge is 2.28. The van der Waals surface area contributed by atoms with Crippen LogP contribution in [-0.4, -0.2) is 26.1 Å². The van der Waals surface area contributed by atoms with Crippen LogP contribution in [0, 0.1) is 0 Å². The van der Waals surface area contributed by atoms with Crippen LogP contribution in [0.15, 0.2) is 24.3 Å². The van der Waals surface area contributed by atoms with Gasteiger partial charge in [0.1, 0.15) is 0 Å². The van der Waals surface area contributed by atoms with Gasteiger partial charge in [-0.25, -0.2) is 4.68 Å². The van der Waals surface area contributed by atoms with Crippen LogP contribution in [0.5, 0.6) is 0 Å². The van der Waals surface area contributed by atoms with Gasteiger partial charge in [-0.2, -0.15) is 0 Å². The number of hydrogen-bond acceptors (Lipinski definition) is 4. The normalized spacial score (nSPS) is 14.5. The summed E-state index contributed by atoms with van der Waals surface area (Å²) < 4.78 is 1.87. The van der Waals surface area contributed by atoms with Gasteiger partial charge in [0.25, 0.3) is 0 Å². The Balaban J connectivity index is 1.87. The van der Waals surface area contributed by atoms with Crippen molar-refractivity contribution in [2.24, 2.45) is 0 Å². The monoisotopic (exact) mass is 243 g/mol. The molecule has 0 radical (unpaired) electrons. The fourth-order valence-electron chi connectivity index (χ4n) is 1.85. The number of aromatic nitrogens is 4. The van der Waals surface area contributed by atoms with E-state index in [4.69, 9.17) is 0 Å². The first-order valence-electron chi connectivity index (χ1n) is 5.90. The smallest absolute Gasteiger partial charge is 0.221 e. The average molecular weight is 243 g/mol. The SMILES string of the molecule is CC(=O)Nc1ccc(-c2nnnn2C2CC2)cc1. The van der Waals surface area contributed by atoms with Crippen LogP contribution in [-0.2, 0) is 4.79 Å². The molecule has 0 aliphatic heterocycles. The summed E-state index contributed by atoms with van der Waals surface area (Å²) in [5.74, 6) is 0.706. The molecule has 1 aliphatic rings. The molecular formula is C12H13N5O. The predicted octanol–water partition coefficient (Wildman–Crippen LogP) is 1.63. The summed E-state index contributed by atoms with van der Waals surface area (Å²) in [5, 5.41) is 14.5. The quantitative estimate of drug-likeness (QED) is 0.889. The highest BCUT2D eigenvalue weighted by Crippen LogP contribution is 2.36. The van der Waals surface area contributed by atoms with Crippen molar-refractivity contribution in [1.82, 2.24) is 20.2 Å². The molecule has 1 aromatic carbocycles. The van der Waals surface area contributed by atoms with E-state index in [1.165, 1.54) is 6.92 Å². The lowest BCUT2D eigenvalue weighted by atomic mass is 10.2. The molecule has 1 amide bonds. The number of tetrazole rings is 1. The lowest BCUT2D eigenvalue weighted by Gasteiger charge is -2.04. The molecule has 0 bridgehead atoms. The third-order valence-corrected chi connectivity index (χ3v) is 2.85. The Morgan fingerprint density at radius 2 is 2.06 bits per heavy atom. The fourth-order valence-corrected chi connectivity index (χ4v) is 1.85. The van der Waals surface area contributed by atoms with Gasteiger partial charge in [0.05, 0.1) is 6.04 Å². The third kappa shape index (κ3) is 2.09. The molecule has 3 rings (SSSR count). The minimum absolute atomic E-state index is 0.0782. The summed E-state index contributed by atoms with van der Waals surface area (Å²) >= 11 is 0. The Bertz CT molecular complexity index is 570. The van der Waals surface area contributed by atoms with Gasteiger partial charge in [0.15, 0.2) is 5.82 Å². The maximum Gasteiger partial charge on any atom is 0.221 e. The average Bonchev–Trinajstić information content (AvgIpc) is 3.08. The topological polar surface area (TPSA) is 72.7 Å². The van der Waals surface area contributed by atoms with Crippen molar-refractivity contribution >= 4 is 11.6 Å². The molecule has 1 saturated carbocycles. The van der Waals surface area contributed by atoms with Gasteiger partial charge in [0.2, 0.25) is 5.91 Å². The molecule has 6 nitrogen and oxygen atoms in total. The van der Waals surface area contributed by atoms with E-state index in [1.807, 2.05) is 28.9 Å². The van der Waals surface area contributed by atoms with Crippen molar-refractivity contribution in [1.29, 1.82) is 0 Å². The highest BCUT2D eigenvalue weighted by atomic mass is 16.1. The van der Waals surface area contributed by atoms with Crippen molar-refractivity contribution in [3.8, 4) is 11.4 Å². The molecule has 2 aromatic rings. The second-order valence-electron chi connectivity index (χ2n) is 4.44. The first kappa shape index (κ1) is 10.9. The van der Waals surface area contributed by atoms with Crippen molar-refractivity contribution in [3.05, 3.63) is 24.3 Å². The summed E-state index contributed by atoms with van der Waals surface area (Å²) in [7, 11) is 0. The van der Waals surface area contributed by atoms with E-state index >= 15 is 0 Å². The molecule has 92 valence electrons. The van der Waals surface area contributed by atoms with Gasteiger partial charge in [-0.05, 0) is 47.5 Å². The molecule has 0 spiro atoms. The largest absolute Gasteiger partial charge is 0.326 e. The van der Waals surface area contributed by atoms with Crippen LogP contribution < -0.4 is 5.32 Å². The summed E-state index contributed by atoms with van der Waals surface area (Å²) in [6.45, 7) is 1.49. The second kappa shape index (κ2) is 4.21. The molecule has 1 aromatic heterocycles. The molecule has 1 N–H and O–H groups in total. The lowest BCUT2D eigenvalue weighted by molar-refractivity contribution is -0.114. The van der Waals surface area contributed by atoms with Crippen molar-refractivity contribution in [3.63, 3.8) is 0 Å². The zero-order valence-electron chi connectivity index (χ0n) is 10.00. The van der Waals surface area contributed by atoms with E-state index in [-0.39, 0.29) is 5.91 Å². The van der Waals surface area contributed by atoms with Crippen molar-refractivity contribution in [2.75, 3.05) is 5.32 Å².